The van der Waals surface area contributed by atoms with Gasteiger partial charge in [-0.15, -0.1) is 0 Å². The molecule has 1 aliphatic rings. The molecule has 4 heteroatoms. The summed E-state index contributed by atoms with van der Waals surface area (Å²) in [5.74, 6) is 2.17. The molecule has 3 rings (SSSR count). The molecular weight excluding hydrogens is 304 g/mol. The maximum atomic E-state index is 9.79. The van der Waals surface area contributed by atoms with Gasteiger partial charge in [0.05, 0.1) is 21.3 Å². The van der Waals surface area contributed by atoms with E-state index in [-0.39, 0.29) is 0 Å². The van der Waals surface area contributed by atoms with Crippen LogP contribution in [0.5, 0.6) is 23.0 Å². The Labute approximate surface area is 142 Å². The maximum Gasteiger partial charge on any atom is 0.203 e. The van der Waals surface area contributed by atoms with Gasteiger partial charge in [0.15, 0.2) is 11.5 Å². The molecule has 24 heavy (non-hydrogen) atoms. The van der Waals surface area contributed by atoms with E-state index in [1.165, 1.54) is 0 Å². The van der Waals surface area contributed by atoms with Crippen molar-refractivity contribution >= 4 is 5.57 Å². The summed E-state index contributed by atoms with van der Waals surface area (Å²) in [6.45, 7) is 0. The molecule has 0 bridgehead atoms. The summed E-state index contributed by atoms with van der Waals surface area (Å²) >= 11 is 0. The molecule has 0 saturated carbocycles. The highest BCUT2D eigenvalue weighted by Crippen LogP contribution is 2.42. The lowest BCUT2D eigenvalue weighted by atomic mass is 9.93. The molecule has 0 aliphatic heterocycles. The zero-order valence-corrected chi connectivity index (χ0v) is 14.3. The van der Waals surface area contributed by atoms with Crippen molar-refractivity contribution in [1.29, 1.82) is 0 Å². The Morgan fingerprint density at radius 2 is 1.62 bits per heavy atom. The van der Waals surface area contributed by atoms with E-state index in [4.69, 9.17) is 14.2 Å². The summed E-state index contributed by atoms with van der Waals surface area (Å²) < 4.78 is 16.4. The van der Waals surface area contributed by atoms with Crippen LogP contribution in [0.2, 0.25) is 0 Å². The molecule has 0 radical (unpaired) electrons. The molecular formula is C20H22O4. The molecule has 0 saturated heterocycles. The Kier molecular flexibility index (Phi) is 4.65. The molecule has 1 N–H and O–H groups in total. The van der Waals surface area contributed by atoms with Crippen LogP contribution in [0.4, 0.5) is 0 Å². The predicted octanol–water partition coefficient (Wildman–Crippen LogP) is 4.19. The van der Waals surface area contributed by atoms with E-state index in [1.807, 2.05) is 24.3 Å². The Bertz CT molecular complexity index is 752. The first kappa shape index (κ1) is 16.2. The first-order valence-electron chi connectivity index (χ1n) is 8.00. The summed E-state index contributed by atoms with van der Waals surface area (Å²) in [5.41, 5.74) is 4.44. The van der Waals surface area contributed by atoms with E-state index in [9.17, 15) is 5.11 Å². The summed E-state index contributed by atoms with van der Waals surface area (Å²) in [7, 11) is 4.84. The predicted molar refractivity (Wildman–Crippen MR) is 94.2 cm³/mol. The fourth-order valence-corrected chi connectivity index (χ4v) is 3.21. The van der Waals surface area contributed by atoms with Crippen LogP contribution in [0.25, 0.3) is 5.57 Å². The lowest BCUT2D eigenvalue weighted by molar-refractivity contribution is 0.324. The van der Waals surface area contributed by atoms with Crippen molar-refractivity contribution in [3.63, 3.8) is 0 Å². The number of fused-ring (bicyclic) bond motifs is 1. The van der Waals surface area contributed by atoms with Crippen LogP contribution >= 0.6 is 0 Å². The molecule has 0 aromatic heterocycles. The number of hydrogen-bond acceptors (Lipinski definition) is 4. The number of benzene rings is 2. The largest absolute Gasteiger partial charge is 0.508 e. The molecule has 0 amide bonds. The third-order valence-electron chi connectivity index (χ3n) is 4.35. The van der Waals surface area contributed by atoms with Gasteiger partial charge >= 0.3 is 0 Å². The van der Waals surface area contributed by atoms with Crippen molar-refractivity contribution in [3.8, 4) is 23.0 Å². The van der Waals surface area contributed by atoms with E-state index >= 15 is 0 Å². The van der Waals surface area contributed by atoms with Crippen molar-refractivity contribution in [2.75, 3.05) is 21.3 Å². The van der Waals surface area contributed by atoms with Gasteiger partial charge in [0.25, 0.3) is 0 Å². The molecule has 1 aliphatic carbocycles. The number of ether oxygens (including phenoxy) is 3. The Morgan fingerprint density at radius 3 is 2.25 bits per heavy atom. The standard InChI is InChI=1S/C20H22O4/c1-22-18-11-14(12-19(23-2)20(18)24-3)16-7-5-4-6-13-10-15(21)8-9-17(13)16/h7-12,21H,4-6H2,1-3H3. The first-order chi connectivity index (χ1) is 11.7. The van der Waals surface area contributed by atoms with Crippen molar-refractivity contribution in [1.82, 2.24) is 0 Å². The van der Waals surface area contributed by atoms with Gasteiger partial charge in [0.2, 0.25) is 5.75 Å². The van der Waals surface area contributed by atoms with Crippen molar-refractivity contribution < 1.29 is 19.3 Å². The number of aromatic hydroxyl groups is 1. The number of methoxy groups -OCH3 is 3. The average Bonchev–Trinajstić information content (AvgIpc) is 2.82. The third-order valence-corrected chi connectivity index (χ3v) is 4.35. The topological polar surface area (TPSA) is 47.9 Å². The van der Waals surface area contributed by atoms with Crippen molar-refractivity contribution in [2.24, 2.45) is 0 Å². The summed E-state index contributed by atoms with van der Waals surface area (Å²) in [6.07, 6.45) is 5.24. The van der Waals surface area contributed by atoms with E-state index in [1.54, 1.807) is 27.4 Å². The van der Waals surface area contributed by atoms with E-state index in [2.05, 4.69) is 6.08 Å². The number of phenolic OH excluding ortho intramolecular Hbond substituents is 1. The van der Waals surface area contributed by atoms with Gasteiger partial charge in [-0.2, -0.15) is 0 Å². The highest BCUT2D eigenvalue weighted by molar-refractivity contribution is 5.84. The van der Waals surface area contributed by atoms with Gasteiger partial charge in [-0.25, -0.2) is 0 Å². The third kappa shape index (κ3) is 2.92. The number of aryl methyl sites for hydroxylation is 1. The van der Waals surface area contributed by atoms with Crippen molar-refractivity contribution in [2.45, 2.75) is 19.3 Å². The molecule has 4 nitrogen and oxygen atoms in total. The molecule has 0 atom stereocenters. The number of hydrogen-bond donors (Lipinski definition) is 1. The Balaban J connectivity index is 2.17. The molecule has 0 unspecified atom stereocenters. The van der Waals surface area contributed by atoms with Gasteiger partial charge < -0.3 is 19.3 Å². The minimum absolute atomic E-state index is 0.305. The zero-order valence-electron chi connectivity index (χ0n) is 14.3. The van der Waals surface area contributed by atoms with Gasteiger partial charge in [0, 0.05) is 0 Å². The van der Waals surface area contributed by atoms with Gasteiger partial charge in [-0.1, -0.05) is 12.1 Å². The van der Waals surface area contributed by atoms with Crippen LogP contribution in [0.1, 0.15) is 29.5 Å². The zero-order chi connectivity index (χ0) is 17.1. The summed E-state index contributed by atoms with van der Waals surface area (Å²) in [5, 5.41) is 9.79. The van der Waals surface area contributed by atoms with E-state index in [0.29, 0.717) is 23.0 Å². The lowest BCUT2D eigenvalue weighted by Gasteiger charge is -2.17. The number of phenols is 1. The van der Waals surface area contributed by atoms with Gasteiger partial charge in [-0.05, 0) is 65.8 Å². The van der Waals surface area contributed by atoms with Crippen LogP contribution in [0.3, 0.4) is 0 Å². The highest BCUT2D eigenvalue weighted by Gasteiger charge is 2.19. The van der Waals surface area contributed by atoms with Crippen molar-refractivity contribution in [3.05, 3.63) is 53.1 Å². The monoisotopic (exact) mass is 326 g/mol. The summed E-state index contributed by atoms with van der Waals surface area (Å²) in [6, 6.07) is 9.50. The lowest BCUT2D eigenvalue weighted by Crippen LogP contribution is -1.98. The Hall–Kier alpha value is -2.62. The number of rotatable bonds is 4. The second kappa shape index (κ2) is 6.87. The fourth-order valence-electron chi connectivity index (χ4n) is 3.21. The van der Waals surface area contributed by atoms with Crippen LogP contribution in [0.15, 0.2) is 36.4 Å². The molecule has 126 valence electrons. The second-order valence-corrected chi connectivity index (χ2v) is 5.77. The molecule has 2 aromatic rings. The smallest absolute Gasteiger partial charge is 0.203 e. The minimum atomic E-state index is 0.305. The molecule has 0 spiro atoms. The highest BCUT2D eigenvalue weighted by atomic mass is 16.5. The minimum Gasteiger partial charge on any atom is -0.508 e. The van der Waals surface area contributed by atoms with Gasteiger partial charge in [0.1, 0.15) is 5.75 Å². The summed E-state index contributed by atoms with van der Waals surface area (Å²) in [4.78, 5) is 0. The maximum absolute atomic E-state index is 9.79. The molecule has 0 heterocycles. The van der Waals surface area contributed by atoms with Crippen LogP contribution in [-0.2, 0) is 6.42 Å². The molecule has 2 aromatic carbocycles. The SMILES string of the molecule is COc1cc(C2=CCCCc3cc(O)ccc32)cc(OC)c1OC. The quantitative estimate of drug-likeness (QED) is 0.915. The number of allylic oxidation sites excluding steroid dienone is 1. The van der Waals surface area contributed by atoms with Crippen LogP contribution in [-0.4, -0.2) is 26.4 Å². The fraction of sp³-hybridized carbons (Fsp3) is 0.300. The molecule has 0 fully saturated rings. The van der Waals surface area contributed by atoms with E-state index < -0.39 is 0 Å². The average molecular weight is 326 g/mol. The Morgan fingerprint density at radius 1 is 0.917 bits per heavy atom. The normalized spacial score (nSPS) is 13.5. The second-order valence-electron chi connectivity index (χ2n) is 5.77. The van der Waals surface area contributed by atoms with Crippen LogP contribution < -0.4 is 14.2 Å². The van der Waals surface area contributed by atoms with Gasteiger partial charge in [-0.3, -0.25) is 0 Å². The van der Waals surface area contributed by atoms with Crippen LogP contribution in [0, 0.1) is 0 Å². The first-order valence-corrected chi connectivity index (χ1v) is 8.00. The van der Waals surface area contributed by atoms with E-state index in [0.717, 1.165) is 41.5 Å².